The second-order valence-electron chi connectivity index (χ2n) is 10.7. The maximum Gasteiger partial charge on any atom is 0.265 e. The molecule has 3 aromatic heterocycles. The van der Waals surface area contributed by atoms with Crippen molar-refractivity contribution in [1.82, 2.24) is 24.8 Å². The van der Waals surface area contributed by atoms with Gasteiger partial charge in [-0.2, -0.15) is 0 Å². The number of benzene rings is 1. The van der Waals surface area contributed by atoms with E-state index in [0.29, 0.717) is 40.1 Å². The van der Waals surface area contributed by atoms with Gasteiger partial charge in [-0.3, -0.25) is 4.79 Å². The molecule has 1 aliphatic carbocycles. The number of fused-ring (bicyclic) bond motifs is 1. The minimum absolute atomic E-state index is 0.0870. The van der Waals surface area contributed by atoms with Crippen LogP contribution in [-0.4, -0.2) is 49.9 Å². The van der Waals surface area contributed by atoms with E-state index in [-0.39, 0.29) is 41.0 Å². The van der Waals surface area contributed by atoms with Crippen LogP contribution < -0.4 is 10.5 Å². The van der Waals surface area contributed by atoms with Crippen LogP contribution >= 0.6 is 11.3 Å². The number of hydrogen-bond acceptors (Lipinski definition) is 8. The number of halogens is 3. The number of thiazole rings is 1. The van der Waals surface area contributed by atoms with Gasteiger partial charge in [0.15, 0.2) is 28.3 Å². The Labute approximate surface area is 232 Å². The zero-order valence-electron chi connectivity index (χ0n) is 21.9. The topological polar surface area (TPSA) is 107 Å². The Bertz CT molecular complexity index is 1610. The van der Waals surface area contributed by atoms with Crippen LogP contribution in [0.5, 0.6) is 5.88 Å². The molecule has 4 heterocycles. The van der Waals surface area contributed by atoms with Gasteiger partial charge in [-0.25, -0.2) is 33.1 Å². The van der Waals surface area contributed by atoms with Gasteiger partial charge in [-0.1, -0.05) is 0 Å². The number of hydrogen-bond donors (Lipinski definition) is 1. The van der Waals surface area contributed by atoms with E-state index < -0.39 is 23.0 Å². The molecule has 206 valence electrons. The highest BCUT2D eigenvalue weighted by Crippen LogP contribution is 2.48. The summed E-state index contributed by atoms with van der Waals surface area (Å²) in [5, 5.41) is 0.592. The molecule has 1 saturated carbocycles. The van der Waals surface area contributed by atoms with Crippen molar-refractivity contribution < 1.29 is 22.7 Å². The number of rotatable bonds is 6. The van der Waals surface area contributed by atoms with Crippen LogP contribution in [0.15, 0.2) is 42.7 Å². The van der Waals surface area contributed by atoms with Crippen molar-refractivity contribution in [2.24, 2.45) is 17.6 Å². The normalized spacial score (nSPS) is 20.0. The van der Waals surface area contributed by atoms with Crippen molar-refractivity contribution in [3.05, 3.63) is 76.3 Å². The molecule has 4 aromatic rings. The summed E-state index contributed by atoms with van der Waals surface area (Å²) < 4.78 is 48.2. The van der Waals surface area contributed by atoms with E-state index in [4.69, 9.17) is 10.5 Å². The van der Waals surface area contributed by atoms with Gasteiger partial charge in [-0.15, -0.1) is 11.3 Å². The van der Waals surface area contributed by atoms with Gasteiger partial charge in [0.2, 0.25) is 5.88 Å². The Morgan fingerprint density at radius 3 is 2.45 bits per heavy atom. The minimum Gasteiger partial charge on any atom is -0.474 e. The number of nitrogens with zero attached hydrogens (tertiary/aromatic N) is 5. The first-order chi connectivity index (χ1) is 19.0. The van der Waals surface area contributed by atoms with E-state index in [1.54, 1.807) is 56.3 Å². The Kier molecular flexibility index (Phi) is 6.34. The molecular weight excluding hydrogens is 541 g/mol. The van der Waals surface area contributed by atoms with Crippen molar-refractivity contribution in [3.8, 4) is 28.0 Å². The number of carbonyl (C=O) groups excluding carboxylic acids is 1. The summed E-state index contributed by atoms with van der Waals surface area (Å²) in [5.41, 5.74) is 6.59. The van der Waals surface area contributed by atoms with E-state index >= 15 is 0 Å². The lowest BCUT2D eigenvalue weighted by atomic mass is 9.94. The number of aromatic nitrogens is 4. The Hall–Kier alpha value is -3.90. The van der Waals surface area contributed by atoms with E-state index in [2.05, 4.69) is 19.9 Å². The first-order valence-corrected chi connectivity index (χ1v) is 13.5. The largest absolute Gasteiger partial charge is 0.474 e. The van der Waals surface area contributed by atoms with Gasteiger partial charge in [-0.05, 0) is 50.6 Å². The number of ether oxygens (including phenoxy) is 1. The van der Waals surface area contributed by atoms with Crippen LogP contribution in [-0.2, 0) is 5.54 Å². The fraction of sp³-hybridized carbons (Fsp3) is 0.321. The molecule has 1 aliphatic heterocycles. The second-order valence-corrected chi connectivity index (χ2v) is 11.6. The van der Waals surface area contributed by atoms with Gasteiger partial charge in [0, 0.05) is 54.5 Å². The number of pyridine rings is 1. The van der Waals surface area contributed by atoms with Gasteiger partial charge < -0.3 is 15.4 Å². The summed E-state index contributed by atoms with van der Waals surface area (Å²) in [6.07, 6.45) is 3.07. The van der Waals surface area contributed by atoms with Crippen molar-refractivity contribution in [2.45, 2.75) is 32.4 Å². The second kappa shape index (κ2) is 9.63. The number of aryl methyl sites for hydroxylation is 1. The zero-order valence-corrected chi connectivity index (χ0v) is 22.7. The van der Waals surface area contributed by atoms with Crippen LogP contribution in [0.25, 0.3) is 22.1 Å². The van der Waals surface area contributed by atoms with Crippen molar-refractivity contribution in [2.75, 3.05) is 13.1 Å². The summed E-state index contributed by atoms with van der Waals surface area (Å²) in [6.45, 7) is 6.35. The smallest absolute Gasteiger partial charge is 0.265 e. The monoisotopic (exact) mass is 566 g/mol. The molecule has 0 bridgehead atoms. The summed E-state index contributed by atoms with van der Waals surface area (Å²) in [5.74, 6) is -3.38. The fourth-order valence-corrected chi connectivity index (χ4v) is 5.98. The predicted octanol–water partition coefficient (Wildman–Crippen LogP) is 4.73. The number of carbonyl (C=O) groups is 1. The Balaban J connectivity index is 1.18. The molecule has 8 nitrogen and oxygen atoms in total. The molecule has 0 spiro atoms. The van der Waals surface area contributed by atoms with Gasteiger partial charge in [0.05, 0.1) is 11.4 Å². The summed E-state index contributed by atoms with van der Waals surface area (Å²) in [6, 6.07) is 6.93. The molecule has 3 atom stereocenters. The van der Waals surface area contributed by atoms with E-state index in [1.807, 2.05) is 0 Å². The molecule has 40 heavy (non-hydrogen) atoms. The lowest BCUT2D eigenvalue weighted by Crippen LogP contribution is -2.33. The van der Waals surface area contributed by atoms with E-state index in [1.165, 1.54) is 11.3 Å². The van der Waals surface area contributed by atoms with Crippen molar-refractivity contribution in [3.63, 3.8) is 0 Å². The van der Waals surface area contributed by atoms with E-state index in [9.17, 15) is 18.0 Å². The van der Waals surface area contributed by atoms with Crippen LogP contribution in [0.1, 0.15) is 34.8 Å². The summed E-state index contributed by atoms with van der Waals surface area (Å²) in [7, 11) is 0. The molecule has 1 saturated heterocycles. The van der Waals surface area contributed by atoms with Gasteiger partial charge in [0.25, 0.3) is 5.91 Å². The standard InChI is InChI=1S/C28H25F3N6O2S/c1-13-24(40-26(35-13)25-33-7-4-8-34-25)27(38)37-11-16-17(12-37)23(16)39-20-10-14(28(2,3)32)9-19(36-20)15-5-6-18(29)22(31)21(15)30/h4-10,16-17,23H,11-12,32H2,1-3H3/t16-,17+,23-. The van der Waals surface area contributed by atoms with Crippen LogP contribution in [0.3, 0.4) is 0 Å². The lowest BCUT2D eigenvalue weighted by molar-refractivity contribution is 0.0755. The Morgan fingerprint density at radius 2 is 1.77 bits per heavy atom. The summed E-state index contributed by atoms with van der Waals surface area (Å²) in [4.78, 5) is 32.9. The molecule has 12 heteroatoms. The third-order valence-corrected chi connectivity index (χ3v) is 8.41. The number of piperidine rings is 1. The van der Waals surface area contributed by atoms with Crippen LogP contribution in [0, 0.1) is 36.2 Å². The molecular formula is C28H25F3N6O2S. The van der Waals surface area contributed by atoms with E-state index in [0.717, 1.165) is 12.1 Å². The molecule has 0 unspecified atom stereocenters. The highest BCUT2D eigenvalue weighted by atomic mass is 32.1. The average Bonchev–Trinajstić information content (AvgIpc) is 3.23. The number of nitrogens with two attached hydrogens (primary N) is 1. The first kappa shape index (κ1) is 26.3. The Morgan fingerprint density at radius 1 is 1.07 bits per heavy atom. The maximum atomic E-state index is 14.6. The minimum atomic E-state index is -1.57. The molecule has 1 amide bonds. The molecule has 2 fully saturated rings. The third kappa shape index (κ3) is 4.71. The molecule has 0 radical (unpaired) electrons. The predicted molar refractivity (Wildman–Crippen MR) is 142 cm³/mol. The third-order valence-electron chi connectivity index (χ3n) is 7.26. The number of likely N-dealkylation sites (tertiary alicyclic amines) is 1. The van der Waals surface area contributed by atoms with Crippen molar-refractivity contribution in [1.29, 1.82) is 0 Å². The van der Waals surface area contributed by atoms with Gasteiger partial charge in [0.1, 0.15) is 11.0 Å². The molecule has 6 rings (SSSR count). The van der Waals surface area contributed by atoms with Crippen molar-refractivity contribution >= 4 is 17.2 Å². The van der Waals surface area contributed by atoms with Crippen LogP contribution in [0.2, 0.25) is 0 Å². The highest BCUT2D eigenvalue weighted by Gasteiger charge is 2.59. The van der Waals surface area contributed by atoms with Crippen LogP contribution in [0.4, 0.5) is 13.2 Å². The molecule has 2 N–H and O–H groups in total. The lowest BCUT2D eigenvalue weighted by Gasteiger charge is -2.22. The quantitative estimate of drug-likeness (QED) is 0.336. The first-order valence-electron chi connectivity index (χ1n) is 12.7. The fourth-order valence-electron chi connectivity index (χ4n) is 4.99. The maximum absolute atomic E-state index is 14.6. The SMILES string of the molecule is Cc1nc(-c2ncccn2)sc1C(=O)N1C[C@@H]2[C@H](C1)[C@@H]2Oc1cc(C(C)(C)N)cc(-c2ccc(F)c(F)c2F)n1. The van der Waals surface area contributed by atoms with Gasteiger partial charge >= 0.3 is 0 Å². The molecule has 1 aromatic carbocycles. The highest BCUT2D eigenvalue weighted by molar-refractivity contribution is 7.17. The zero-order chi connectivity index (χ0) is 28.3. The number of amides is 1. The average molecular weight is 567 g/mol. The molecule has 2 aliphatic rings. The summed E-state index contributed by atoms with van der Waals surface area (Å²) >= 11 is 1.27.